The molecule has 3 atom stereocenters. The number of esters is 1. The van der Waals surface area contributed by atoms with Gasteiger partial charge in [-0.15, -0.1) is 0 Å². The van der Waals surface area contributed by atoms with Gasteiger partial charge in [0, 0.05) is 20.2 Å². The Hall–Kier alpha value is -1.30. The lowest BCUT2D eigenvalue weighted by molar-refractivity contribution is -0.141. The van der Waals surface area contributed by atoms with E-state index in [0.717, 1.165) is 11.3 Å². The van der Waals surface area contributed by atoms with Crippen molar-refractivity contribution in [3.05, 3.63) is 28.8 Å². The molecule has 1 aromatic rings. The molecule has 2 rings (SSSR count). The van der Waals surface area contributed by atoms with Gasteiger partial charge < -0.3 is 19.5 Å². The van der Waals surface area contributed by atoms with Crippen molar-refractivity contribution in [2.75, 3.05) is 32.2 Å². The van der Waals surface area contributed by atoms with Gasteiger partial charge in [-0.25, -0.2) is 0 Å². The molecule has 1 N–H and O–H groups in total. The Balaban J connectivity index is 2.19. The van der Waals surface area contributed by atoms with E-state index >= 15 is 0 Å². The zero-order valence-electron chi connectivity index (χ0n) is 12.4. The number of carbonyl (C=O) groups is 1. The lowest BCUT2D eigenvalue weighted by Crippen LogP contribution is -2.25. The molecule has 6 heteroatoms. The Bertz CT molecular complexity index is 522. The summed E-state index contributed by atoms with van der Waals surface area (Å²) in [5.74, 6) is -0.660. The molecule has 1 aromatic carbocycles. The number of nitrogens with zero attached hydrogens (tertiary/aromatic N) is 1. The Morgan fingerprint density at radius 1 is 1.43 bits per heavy atom. The fraction of sp³-hybridized carbons (Fsp3) is 0.533. The van der Waals surface area contributed by atoms with E-state index in [0.29, 0.717) is 18.1 Å². The predicted octanol–water partition coefficient (Wildman–Crippen LogP) is 1.81. The number of hydrogen-bond acceptors (Lipinski definition) is 5. The van der Waals surface area contributed by atoms with Gasteiger partial charge in [0.15, 0.2) is 0 Å². The zero-order valence-corrected chi connectivity index (χ0v) is 13.1. The third-order valence-electron chi connectivity index (χ3n) is 3.91. The first-order valence-electron chi connectivity index (χ1n) is 6.81. The summed E-state index contributed by atoms with van der Waals surface area (Å²) < 4.78 is 9.96. The van der Waals surface area contributed by atoms with Crippen LogP contribution in [0.25, 0.3) is 0 Å². The maximum absolute atomic E-state index is 11.6. The molecule has 0 spiro atoms. The number of methoxy groups -OCH3 is 2. The van der Waals surface area contributed by atoms with E-state index in [1.165, 1.54) is 7.11 Å². The minimum Gasteiger partial charge on any atom is -0.469 e. The van der Waals surface area contributed by atoms with Crippen LogP contribution in [0.1, 0.15) is 18.4 Å². The average Bonchev–Trinajstić information content (AvgIpc) is 2.86. The van der Waals surface area contributed by atoms with Gasteiger partial charge >= 0.3 is 5.97 Å². The van der Waals surface area contributed by atoms with Crippen LogP contribution in [0.2, 0.25) is 5.02 Å². The summed E-state index contributed by atoms with van der Waals surface area (Å²) in [5, 5.41) is 10.4. The van der Waals surface area contributed by atoms with Crippen molar-refractivity contribution >= 4 is 23.3 Å². The molecule has 1 heterocycles. The van der Waals surface area contributed by atoms with E-state index in [1.807, 2.05) is 17.0 Å². The SMILES string of the molecule is COC(=O)C(C)c1ccc(N2CC(O)C(OC)C2)c(Cl)c1. The van der Waals surface area contributed by atoms with Crippen molar-refractivity contribution in [1.82, 2.24) is 0 Å². The van der Waals surface area contributed by atoms with Gasteiger partial charge in [0.05, 0.1) is 29.8 Å². The number of halogens is 1. The topological polar surface area (TPSA) is 59.0 Å². The molecule has 0 aliphatic carbocycles. The molecule has 5 nitrogen and oxygen atoms in total. The highest BCUT2D eigenvalue weighted by molar-refractivity contribution is 6.33. The van der Waals surface area contributed by atoms with E-state index in [-0.39, 0.29) is 18.0 Å². The van der Waals surface area contributed by atoms with E-state index < -0.39 is 6.10 Å². The highest BCUT2D eigenvalue weighted by Crippen LogP contribution is 2.32. The maximum atomic E-state index is 11.6. The van der Waals surface area contributed by atoms with Crippen LogP contribution in [-0.4, -0.2) is 50.6 Å². The summed E-state index contributed by atoms with van der Waals surface area (Å²) in [4.78, 5) is 13.5. The summed E-state index contributed by atoms with van der Waals surface area (Å²) in [6, 6.07) is 5.49. The van der Waals surface area contributed by atoms with Crippen LogP contribution >= 0.6 is 11.6 Å². The predicted molar refractivity (Wildman–Crippen MR) is 80.9 cm³/mol. The van der Waals surface area contributed by atoms with Gasteiger partial charge in [0.2, 0.25) is 0 Å². The third-order valence-corrected chi connectivity index (χ3v) is 4.21. The molecule has 3 unspecified atom stereocenters. The first-order chi connectivity index (χ1) is 9.97. The van der Waals surface area contributed by atoms with Crippen molar-refractivity contribution in [2.24, 2.45) is 0 Å². The van der Waals surface area contributed by atoms with Gasteiger partial charge in [-0.05, 0) is 24.6 Å². The summed E-state index contributed by atoms with van der Waals surface area (Å²) >= 11 is 6.32. The largest absolute Gasteiger partial charge is 0.469 e. The number of carbonyl (C=O) groups excluding carboxylic acids is 1. The van der Waals surface area contributed by atoms with Crippen molar-refractivity contribution in [2.45, 2.75) is 25.0 Å². The fourth-order valence-electron chi connectivity index (χ4n) is 2.55. The van der Waals surface area contributed by atoms with E-state index in [1.54, 1.807) is 20.1 Å². The summed E-state index contributed by atoms with van der Waals surface area (Å²) in [7, 11) is 2.95. The minimum atomic E-state index is -0.528. The Kier molecular flexibility index (Phi) is 5.08. The smallest absolute Gasteiger partial charge is 0.312 e. The van der Waals surface area contributed by atoms with Crippen molar-refractivity contribution in [1.29, 1.82) is 0 Å². The van der Waals surface area contributed by atoms with Gasteiger partial charge in [-0.1, -0.05) is 17.7 Å². The summed E-state index contributed by atoms with van der Waals surface area (Å²) in [5.41, 5.74) is 1.63. The molecule has 116 valence electrons. The standard InChI is InChI=1S/C15H20ClNO4/c1-9(15(19)21-3)10-4-5-12(11(16)6-10)17-7-13(18)14(8-17)20-2/h4-6,9,13-14,18H,7-8H2,1-3H3. The molecule has 0 saturated carbocycles. The molecular weight excluding hydrogens is 294 g/mol. The van der Waals surface area contributed by atoms with Gasteiger partial charge in [-0.3, -0.25) is 4.79 Å². The normalized spacial score (nSPS) is 23.2. The van der Waals surface area contributed by atoms with Gasteiger partial charge in [0.25, 0.3) is 0 Å². The van der Waals surface area contributed by atoms with Crippen LogP contribution in [0.15, 0.2) is 18.2 Å². The molecule has 1 fully saturated rings. The number of anilines is 1. The molecule has 0 bridgehead atoms. The van der Waals surface area contributed by atoms with Gasteiger partial charge in [-0.2, -0.15) is 0 Å². The number of aliphatic hydroxyl groups excluding tert-OH is 1. The highest BCUT2D eigenvalue weighted by Gasteiger charge is 2.32. The number of benzene rings is 1. The van der Waals surface area contributed by atoms with Crippen LogP contribution in [0.4, 0.5) is 5.69 Å². The number of aliphatic hydroxyl groups is 1. The Morgan fingerprint density at radius 3 is 2.67 bits per heavy atom. The maximum Gasteiger partial charge on any atom is 0.312 e. The average molecular weight is 314 g/mol. The van der Waals surface area contributed by atoms with Crippen LogP contribution < -0.4 is 4.90 Å². The molecule has 0 amide bonds. The lowest BCUT2D eigenvalue weighted by atomic mass is 10.0. The summed E-state index contributed by atoms with van der Waals surface area (Å²) in [6.07, 6.45) is -0.741. The number of ether oxygens (including phenoxy) is 2. The monoisotopic (exact) mass is 313 g/mol. The second-order valence-electron chi connectivity index (χ2n) is 5.20. The molecule has 0 aromatic heterocycles. The Morgan fingerprint density at radius 2 is 2.14 bits per heavy atom. The van der Waals surface area contributed by atoms with Crippen molar-refractivity contribution in [3.8, 4) is 0 Å². The number of β-amino-alcohol motifs (C(OH)–C–C–N with tert-alkyl or cyclic N) is 1. The third kappa shape index (κ3) is 3.31. The minimum absolute atomic E-state index is 0.213. The van der Waals surface area contributed by atoms with Crippen molar-refractivity contribution in [3.63, 3.8) is 0 Å². The number of hydrogen-bond donors (Lipinski definition) is 1. The molecule has 21 heavy (non-hydrogen) atoms. The second kappa shape index (κ2) is 6.64. The fourth-order valence-corrected chi connectivity index (χ4v) is 2.86. The zero-order chi connectivity index (χ0) is 15.6. The second-order valence-corrected chi connectivity index (χ2v) is 5.61. The van der Waals surface area contributed by atoms with Crippen LogP contribution in [0, 0.1) is 0 Å². The molecule has 1 aliphatic heterocycles. The Labute approximate surface area is 129 Å². The number of rotatable bonds is 4. The van der Waals surface area contributed by atoms with E-state index in [9.17, 15) is 9.90 Å². The quantitative estimate of drug-likeness (QED) is 0.859. The van der Waals surface area contributed by atoms with E-state index in [2.05, 4.69) is 0 Å². The summed E-state index contributed by atoms with van der Waals surface area (Å²) in [6.45, 7) is 2.84. The van der Waals surface area contributed by atoms with Crippen LogP contribution in [0.5, 0.6) is 0 Å². The first kappa shape index (κ1) is 16.1. The van der Waals surface area contributed by atoms with Crippen LogP contribution in [-0.2, 0) is 14.3 Å². The van der Waals surface area contributed by atoms with Crippen molar-refractivity contribution < 1.29 is 19.4 Å². The molecular formula is C15H20ClNO4. The molecule has 0 radical (unpaired) electrons. The molecule has 1 aliphatic rings. The van der Waals surface area contributed by atoms with E-state index in [4.69, 9.17) is 21.1 Å². The highest BCUT2D eigenvalue weighted by atomic mass is 35.5. The van der Waals surface area contributed by atoms with Crippen LogP contribution in [0.3, 0.4) is 0 Å². The lowest BCUT2D eigenvalue weighted by Gasteiger charge is -2.20. The first-order valence-corrected chi connectivity index (χ1v) is 7.18. The molecule has 1 saturated heterocycles. The van der Waals surface area contributed by atoms with Gasteiger partial charge in [0.1, 0.15) is 6.10 Å².